The average Bonchev–Trinajstić information content (AvgIpc) is 2.67. The Hall–Kier alpha value is -0.540. The van der Waals surface area contributed by atoms with Crippen LogP contribution in [-0.2, 0) is 0 Å². The number of likely N-dealkylation sites (tertiary alicyclic amines) is 1. The predicted molar refractivity (Wildman–Crippen MR) is 73.0 cm³/mol. The molecule has 0 aliphatic carbocycles. The number of hydrogen-bond donors (Lipinski definition) is 0. The van der Waals surface area contributed by atoms with E-state index in [2.05, 4.69) is 49.0 Å². The Bertz CT molecular complexity index is 285. The van der Waals surface area contributed by atoms with Gasteiger partial charge in [-0.1, -0.05) is 6.08 Å². The zero-order valence-corrected chi connectivity index (χ0v) is 11.8. The van der Waals surface area contributed by atoms with E-state index in [4.69, 9.17) is 0 Å². The minimum Gasteiger partial charge on any atom is -0.377 e. The Balaban J connectivity index is 2.08. The molecule has 0 spiro atoms. The predicted octanol–water partition coefficient (Wildman–Crippen LogP) is 1.48. The van der Waals surface area contributed by atoms with E-state index in [1.807, 2.05) is 0 Å². The van der Waals surface area contributed by atoms with E-state index in [0.29, 0.717) is 6.04 Å². The molecular weight excluding hydrogens is 210 g/mol. The first-order valence-corrected chi connectivity index (χ1v) is 6.85. The van der Waals surface area contributed by atoms with Crippen LogP contribution in [0.15, 0.2) is 11.8 Å². The van der Waals surface area contributed by atoms with Crippen molar-refractivity contribution < 1.29 is 0 Å². The Labute approximate surface area is 106 Å². The fourth-order valence-electron chi connectivity index (χ4n) is 3.20. The van der Waals surface area contributed by atoms with Gasteiger partial charge in [-0.2, -0.15) is 0 Å². The number of rotatable bonds is 3. The standard InChI is InChI=1S/C14H27N3/c1-15(2)11-12-7-9-17(4)14(10-12)13-6-5-8-16(13)3/h10,12-13H,5-9,11H2,1-4H3. The first-order chi connectivity index (χ1) is 8.08. The molecule has 2 aliphatic heterocycles. The van der Waals surface area contributed by atoms with Crippen LogP contribution in [0.1, 0.15) is 19.3 Å². The third-order valence-corrected chi connectivity index (χ3v) is 4.14. The second kappa shape index (κ2) is 5.40. The summed E-state index contributed by atoms with van der Waals surface area (Å²) in [7, 11) is 8.87. The normalized spacial score (nSPS) is 31.1. The lowest BCUT2D eigenvalue weighted by molar-refractivity contribution is 0.238. The quantitative estimate of drug-likeness (QED) is 0.736. The highest BCUT2D eigenvalue weighted by Gasteiger charge is 2.29. The maximum Gasteiger partial charge on any atom is 0.0491 e. The molecule has 2 atom stereocenters. The average molecular weight is 237 g/mol. The van der Waals surface area contributed by atoms with Crippen molar-refractivity contribution >= 4 is 0 Å². The van der Waals surface area contributed by atoms with Crippen LogP contribution in [0.2, 0.25) is 0 Å². The van der Waals surface area contributed by atoms with E-state index >= 15 is 0 Å². The van der Waals surface area contributed by atoms with E-state index in [1.54, 1.807) is 5.70 Å². The van der Waals surface area contributed by atoms with E-state index in [9.17, 15) is 0 Å². The maximum atomic E-state index is 2.54. The molecule has 1 fully saturated rings. The first kappa shape index (κ1) is 12.9. The minimum absolute atomic E-state index is 0.671. The van der Waals surface area contributed by atoms with Crippen LogP contribution in [0.5, 0.6) is 0 Å². The van der Waals surface area contributed by atoms with Crippen molar-refractivity contribution in [3.8, 4) is 0 Å². The molecule has 0 aromatic heterocycles. The van der Waals surface area contributed by atoms with Crippen LogP contribution in [-0.4, -0.2) is 68.6 Å². The number of nitrogens with zero attached hydrogens (tertiary/aromatic N) is 3. The molecule has 0 aromatic carbocycles. The molecule has 2 rings (SSSR count). The molecule has 0 radical (unpaired) electrons. The van der Waals surface area contributed by atoms with Crippen LogP contribution in [0.3, 0.4) is 0 Å². The molecule has 1 saturated heterocycles. The highest BCUT2D eigenvalue weighted by molar-refractivity contribution is 5.16. The zero-order valence-electron chi connectivity index (χ0n) is 11.8. The first-order valence-electron chi connectivity index (χ1n) is 6.85. The zero-order chi connectivity index (χ0) is 12.4. The molecule has 0 saturated carbocycles. The molecule has 0 bridgehead atoms. The summed E-state index contributed by atoms with van der Waals surface area (Å²) in [6, 6.07) is 0.671. The third kappa shape index (κ3) is 3.02. The molecule has 0 amide bonds. The van der Waals surface area contributed by atoms with Crippen LogP contribution >= 0.6 is 0 Å². The van der Waals surface area contributed by atoms with Gasteiger partial charge in [0.1, 0.15) is 0 Å². The second-order valence-corrected chi connectivity index (χ2v) is 5.96. The smallest absolute Gasteiger partial charge is 0.0491 e. The summed E-state index contributed by atoms with van der Waals surface area (Å²) in [6.45, 7) is 3.66. The van der Waals surface area contributed by atoms with Crippen molar-refractivity contribution in [1.82, 2.24) is 14.7 Å². The second-order valence-electron chi connectivity index (χ2n) is 5.96. The van der Waals surface area contributed by atoms with E-state index in [1.165, 1.54) is 38.9 Å². The summed E-state index contributed by atoms with van der Waals surface area (Å²) in [5, 5.41) is 0. The molecule has 17 heavy (non-hydrogen) atoms. The topological polar surface area (TPSA) is 9.72 Å². The largest absolute Gasteiger partial charge is 0.377 e. The molecule has 0 N–H and O–H groups in total. The van der Waals surface area contributed by atoms with Gasteiger partial charge in [0.15, 0.2) is 0 Å². The number of likely N-dealkylation sites (N-methyl/N-ethyl adjacent to an activating group) is 2. The van der Waals surface area contributed by atoms with Gasteiger partial charge in [-0.05, 0) is 52.9 Å². The molecule has 0 aromatic rings. The highest BCUT2D eigenvalue weighted by Crippen LogP contribution is 2.29. The number of hydrogen-bond acceptors (Lipinski definition) is 3. The van der Waals surface area contributed by atoms with Crippen molar-refractivity contribution in [3.63, 3.8) is 0 Å². The van der Waals surface area contributed by atoms with Gasteiger partial charge in [0.2, 0.25) is 0 Å². The minimum atomic E-state index is 0.671. The monoisotopic (exact) mass is 237 g/mol. The van der Waals surface area contributed by atoms with Gasteiger partial charge >= 0.3 is 0 Å². The lowest BCUT2D eigenvalue weighted by Gasteiger charge is -2.36. The van der Waals surface area contributed by atoms with Crippen LogP contribution in [0.4, 0.5) is 0 Å². The molecule has 2 unspecified atom stereocenters. The van der Waals surface area contributed by atoms with Crippen LogP contribution in [0, 0.1) is 5.92 Å². The van der Waals surface area contributed by atoms with Gasteiger partial charge < -0.3 is 9.80 Å². The van der Waals surface area contributed by atoms with Gasteiger partial charge in [-0.3, -0.25) is 4.90 Å². The Kier molecular flexibility index (Phi) is 4.10. The summed E-state index contributed by atoms with van der Waals surface area (Å²) < 4.78 is 0. The lowest BCUT2D eigenvalue weighted by atomic mass is 9.95. The summed E-state index contributed by atoms with van der Waals surface area (Å²) in [4.78, 5) is 7.29. The van der Waals surface area contributed by atoms with E-state index < -0.39 is 0 Å². The molecule has 3 heteroatoms. The van der Waals surface area contributed by atoms with Gasteiger partial charge in [0.05, 0.1) is 0 Å². The van der Waals surface area contributed by atoms with Gasteiger partial charge in [0, 0.05) is 31.9 Å². The maximum absolute atomic E-state index is 2.54. The summed E-state index contributed by atoms with van der Waals surface area (Å²) in [5.74, 6) is 0.741. The van der Waals surface area contributed by atoms with Crippen molar-refractivity contribution in [2.45, 2.75) is 25.3 Å². The summed E-state index contributed by atoms with van der Waals surface area (Å²) >= 11 is 0. The highest BCUT2D eigenvalue weighted by atomic mass is 15.2. The molecular formula is C14H27N3. The Morgan fingerprint density at radius 3 is 2.59 bits per heavy atom. The van der Waals surface area contributed by atoms with E-state index in [-0.39, 0.29) is 0 Å². The van der Waals surface area contributed by atoms with Gasteiger partial charge in [0.25, 0.3) is 0 Å². The van der Waals surface area contributed by atoms with Crippen molar-refractivity contribution in [2.24, 2.45) is 5.92 Å². The van der Waals surface area contributed by atoms with Crippen LogP contribution < -0.4 is 0 Å². The molecule has 2 heterocycles. The SMILES string of the molecule is CN(C)CC1C=C(C2CCCN2C)N(C)CC1. The third-order valence-electron chi connectivity index (χ3n) is 4.14. The van der Waals surface area contributed by atoms with Gasteiger partial charge in [-0.15, -0.1) is 0 Å². The Morgan fingerprint density at radius 2 is 2.00 bits per heavy atom. The molecule has 3 nitrogen and oxygen atoms in total. The fraction of sp³-hybridized carbons (Fsp3) is 0.857. The van der Waals surface area contributed by atoms with E-state index in [0.717, 1.165) is 5.92 Å². The van der Waals surface area contributed by atoms with Crippen LogP contribution in [0.25, 0.3) is 0 Å². The lowest BCUT2D eigenvalue weighted by Crippen LogP contribution is -2.39. The summed E-state index contributed by atoms with van der Waals surface area (Å²) in [6.07, 6.45) is 6.52. The van der Waals surface area contributed by atoms with Crippen molar-refractivity contribution in [1.29, 1.82) is 0 Å². The molecule has 98 valence electrons. The molecule has 2 aliphatic rings. The fourth-order valence-corrected chi connectivity index (χ4v) is 3.20. The Morgan fingerprint density at radius 1 is 1.24 bits per heavy atom. The van der Waals surface area contributed by atoms with Gasteiger partial charge in [-0.25, -0.2) is 0 Å². The van der Waals surface area contributed by atoms with Crippen molar-refractivity contribution in [3.05, 3.63) is 11.8 Å². The summed E-state index contributed by atoms with van der Waals surface area (Å²) in [5.41, 5.74) is 1.57. The van der Waals surface area contributed by atoms with Crippen molar-refractivity contribution in [2.75, 3.05) is 47.8 Å².